The van der Waals surface area contributed by atoms with Gasteiger partial charge in [-0.2, -0.15) is 0 Å². The molecular weight excluding hydrogens is 208 g/mol. The van der Waals surface area contributed by atoms with Gasteiger partial charge in [-0.15, -0.1) is 0 Å². The van der Waals surface area contributed by atoms with Gasteiger partial charge in [-0.3, -0.25) is 0 Å². The van der Waals surface area contributed by atoms with Crippen LogP contribution in [0.2, 0.25) is 0 Å². The maximum Gasteiger partial charge on any atom is 0.0469 e. The maximum atomic E-state index is 5.89. The van der Waals surface area contributed by atoms with E-state index in [1.807, 2.05) is 6.07 Å². The maximum absolute atomic E-state index is 5.89. The van der Waals surface area contributed by atoms with Crippen LogP contribution in [0.25, 0.3) is 5.57 Å². The van der Waals surface area contributed by atoms with Crippen LogP contribution in [0.15, 0.2) is 35.9 Å². The third kappa shape index (κ3) is 2.07. The molecule has 0 amide bonds. The molecule has 0 spiro atoms. The second kappa shape index (κ2) is 4.66. The van der Waals surface area contributed by atoms with Gasteiger partial charge in [-0.25, -0.2) is 0 Å². The number of anilines is 2. The van der Waals surface area contributed by atoms with E-state index in [0.29, 0.717) is 0 Å². The molecule has 0 saturated carbocycles. The average molecular weight is 228 g/mol. The van der Waals surface area contributed by atoms with Crippen molar-refractivity contribution in [2.75, 3.05) is 23.7 Å². The summed E-state index contributed by atoms with van der Waals surface area (Å²) in [4.78, 5) is 2.37. The predicted molar refractivity (Wildman–Crippen MR) is 76.1 cm³/mol. The molecule has 1 aromatic rings. The third-order valence-electron chi connectivity index (χ3n) is 3.26. The number of nitrogens with zero attached hydrogens (tertiary/aromatic N) is 1. The van der Waals surface area contributed by atoms with E-state index in [4.69, 9.17) is 5.73 Å². The summed E-state index contributed by atoms with van der Waals surface area (Å²) in [6.07, 6.45) is 4.29. The molecule has 0 saturated heterocycles. The summed E-state index contributed by atoms with van der Waals surface area (Å²) < 4.78 is 0. The van der Waals surface area contributed by atoms with E-state index in [2.05, 4.69) is 50.0 Å². The van der Waals surface area contributed by atoms with Crippen molar-refractivity contribution in [1.82, 2.24) is 0 Å². The molecule has 17 heavy (non-hydrogen) atoms. The molecule has 0 aromatic heterocycles. The van der Waals surface area contributed by atoms with Gasteiger partial charge in [0.2, 0.25) is 0 Å². The van der Waals surface area contributed by atoms with E-state index in [0.717, 1.165) is 18.8 Å². The van der Waals surface area contributed by atoms with Crippen LogP contribution in [-0.2, 0) is 0 Å². The van der Waals surface area contributed by atoms with Gasteiger partial charge >= 0.3 is 0 Å². The number of likely N-dealkylation sites (N-methyl/N-ethyl adjacent to an activating group) is 1. The first kappa shape index (κ1) is 11.8. The van der Waals surface area contributed by atoms with Crippen LogP contribution in [0.3, 0.4) is 0 Å². The Kier molecular flexibility index (Phi) is 3.23. The fourth-order valence-corrected chi connectivity index (χ4v) is 2.41. The fraction of sp³-hybridized carbons (Fsp3) is 0.333. The van der Waals surface area contributed by atoms with Gasteiger partial charge in [0.25, 0.3) is 0 Å². The minimum absolute atomic E-state index is 0.835. The van der Waals surface area contributed by atoms with E-state index in [1.54, 1.807) is 0 Å². The predicted octanol–water partition coefficient (Wildman–Crippen LogP) is 3.46. The number of rotatable bonds is 2. The summed E-state index contributed by atoms with van der Waals surface area (Å²) >= 11 is 0. The molecule has 2 nitrogen and oxygen atoms in total. The topological polar surface area (TPSA) is 29.3 Å². The summed E-state index contributed by atoms with van der Waals surface area (Å²) in [7, 11) is 0. The molecule has 0 radical (unpaired) electrons. The van der Waals surface area contributed by atoms with Gasteiger partial charge < -0.3 is 10.6 Å². The second-order valence-electron chi connectivity index (χ2n) is 4.48. The number of benzene rings is 1. The van der Waals surface area contributed by atoms with Gasteiger partial charge in [0, 0.05) is 30.0 Å². The highest BCUT2D eigenvalue weighted by Gasteiger charge is 2.19. The lowest BCUT2D eigenvalue weighted by Gasteiger charge is -2.32. The Hall–Kier alpha value is -1.70. The summed E-state index contributed by atoms with van der Waals surface area (Å²) in [5, 5.41) is 0. The van der Waals surface area contributed by atoms with Crippen molar-refractivity contribution < 1.29 is 0 Å². The lowest BCUT2D eigenvalue weighted by molar-refractivity contribution is 0.868. The van der Waals surface area contributed by atoms with E-state index < -0.39 is 0 Å². The molecule has 0 atom stereocenters. The average Bonchev–Trinajstić information content (AvgIpc) is 2.32. The zero-order valence-corrected chi connectivity index (χ0v) is 10.8. The number of hydrogen-bond acceptors (Lipinski definition) is 2. The van der Waals surface area contributed by atoms with E-state index in [9.17, 15) is 0 Å². The van der Waals surface area contributed by atoms with Crippen molar-refractivity contribution in [1.29, 1.82) is 0 Å². The molecule has 1 aliphatic rings. The first-order valence-corrected chi connectivity index (χ1v) is 6.14. The van der Waals surface area contributed by atoms with Crippen molar-refractivity contribution in [2.24, 2.45) is 0 Å². The zero-order chi connectivity index (χ0) is 12.4. The molecule has 90 valence electrons. The molecule has 0 aliphatic carbocycles. The van der Waals surface area contributed by atoms with Crippen molar-refractivity contribution in [3.8, 4) is 0 Å². The normalized spacial score (nSPS) is 15.6. The largest absolute Gasteiger partial charge is 0.399 e. The van der Waals surface area contributed by atoms with E-state index >= 15 is 0 Å². The monoisotopic (exact) mass is 228 g/mol. The quantitative estimate of drug-likeness (QED) is 0.785. The summed E-state index contributed by atoms with van der Waals surface area (Å²) in [5.74, 6) is 0. The first-order valence-electron chi connectivity index (χ1n) is 6.14. The highest BCUT2D eigenvalue weighted by atomic mass is 15.1. The zero-order valence-electron chi connectivity index (χ0n) is 10.8. The Morgan fingerprint density at radius 2 is 2.18 bits per heavy atom. The molecule has 1 aromatic carbocycles. The molecule has 0 bridgehead atoms. The molecular formula is C15H20N2. The number of fused-ring (bicyclic) bond motifs is 1. The van der Waals surface area contributed by atoms with Gasteiger partial charge in [-0.05, 0) is 44.1 Å². The summed E-state index contributed by atoms with van der Waals surface area (Å²) in [5.41, 5.74) is 12.0. The van der Waals surface area contributed by atoms with Gasteiger partial charge in [0.1, 0.15) is 0 Å². The number of nitrogen functional groups attached to an aromatic ring is 1. The van der Waals surface area contributed by atoms with Crippen LogP contribution in [0, 0.1) is 0 Å². The van der Waals surface area contributed by atoms with Gasteiger partial charge in [0.05, 0.1) is 0 Å². The van der Waals surface area contributed by atoms with Crippen LogP contribution in [0.4, 0.5) is 11.4 Å². The SMILES string of the molecule is C/C=C\C1=C(C)CN(CC)c2cc(N)ccc21. The fourth-order valence-electron chi connectivity index (χ4n) is 2.41. The molecule has 2 N–H and O–H groups in total. The first-order chi connectivity index (χ1) is 8.17. The van der Waals surface area contributed by atoms with Crippen LogP contribution in [0.1, 0.15) is 26.3 Å². The second-order valence-corrected chi connectivity index (χ2v) is 4.48. The number of nitrogens with two attached hydrogens (primary N) is 1. The molecule has 2 heteroatoms. The minimum atomic E-state index is 0.835. The van der Waals surface area contributed by atoms with E-state index in [1.165, 1.54) is 22.4 Å². The van der Waals surface area contributed by atoms with Crippen molar-refractivity contribution >= 4 is 16.9 Å². The van der Waals surface area contributed by atoms with Gasteiger partial charge in [0.15, 0.2) is 0 Å². The van der Waals surface area contributed by atoms with Crippen LogP contribution < -0.4 is 10.6 Å². The highest BCUT2D eigenvalue weighted by Crippen LogP contribution is 2.36. The van der Waals surface area contributed by atoms with Crippen molar-refractivity contribution in [3.63, 3.8) is 0 Å². The molecule has 2 rings (SSSR count). The summed E-state index contributed by atoms with van der Waals surface area (Å²) in [6, 6.07) is 6.19. The Morgan fingerprint density at radius 3 is 2.82 bits per heavy atom. The Balaban J connectivity index is 2.60. The van der Waals surface area contributed by atoms with Crippen LogP contribution >= 0.6 is 0 Å². The Morgan fingerprint density at radius 1 is 1.41 bits per heavy atom. The molecule has 1 heterocycles. The molecule has 1 aliphatic heterocycles. The Bertz CT molecular complexity index is 484. The van der Waals surface area contributed by atoms with Crippen LogP contribution in [0.5, 0.6) is 0 Å². The van der Waals surface area contributed by atoms with Crippen molar-refractivity contribution in [3.05, 3.63) is 41.5 Å². The lowest BCUT2D eigenvalue weighted by Crippen LogP contribution is -2.29. The van der Waals surface area contributed by atoms with Crippen LogP contribution in [-0.4, -0.2) is 13.1 Å². The highest BCUT2D eigenvalue weighted by molar-refractivity contribution is 5.88. The smallest absolute Gasteiger partial charge is 0.0469 e. The van der Waals surface area contributed by atoms with Gasteiger partial charge in [-0.1, -0.05) is 18.2 Å². The summed E-state index contributed by atoms with van der Waals surface area (Å²) in [6.45, 7) is 8.45. The molecule has 0 fully saturated rings. The standard InChI is InChI=1S/C15H20N2/c1-4-6-13-11(3)10-17(5-2)15-9-12(16)7-8-14(13)15/h4,6-9H,5,10,16H2,1-3H3/b6-4-. The van der Waals surface area contributed by atoms with E-state index in [-0.39, 0.29) is 0 Å². The van der Waals surface area contributed by atoms with Crippen molar-refractivity contribution in [2.45, 2.75) is 20.8 Å². The minimum Gasteiger partial charge on any atom is -0.399 e. The Labute approximate surface area is 103 Å². The number of hydrogen-bond donors (Lipinski definition) is 1. The molecule has 0 unspecified atom stereocenters. The number of allylic oxidation sites excluding steroid dienone is 3. The third-order valence-corrected chi connectivity index (χ3v) is 3.26. The lowest BCUT2D eigenvalue weighted by atomic mass is 9.93.